The van der Waals surface area contributed by atoms with Gasteiger partial charge in [-0.2, -0.15) is 5.10 Å². The molecule has 6 heteroatoms. The molecule has 2 heterocycles. The van der Waals surface area contributed by atoms with Crippen LogP contribution in [-0.4, -0.2) is 26.7 Å². The minimum Gasteiger partial charge on any atom is -0.327 e. The van der Waals surface area contributed by atoms with Gasteiger partial charge in [0.15, 0.2) is 5.65 Å². The highest BCUT2D eigenvalue weighted by Crippen LogP contribution is 2.19. The van der Waals surface area contributed by atoms with Crippen molar-refractivity contribution in [2.75, 3.05) is 5.32 Å². The number of hydrogen-bond donors (Lipinski definition) is 2. The number of amides is 1. The van der Waals surface area contributed by atoms with Gasteiger partial charge in [0.05, 0.1) is 17.6 Å². The van der Waals surface area contributed by atoms with Crippen LogP contribution < -0.4 is 11.1 Å². The van der Waals surface area contributed by atoms with E-state index in [4.69, 9.17) is 5.73 Å². The van der Waals surface area contributed by atoms with Crippen molar-refractivity contribution < 1.29 is 4.79 Å². The minimum absolute atomic E-state index is 0.0890. The Balaban J connectivity index is 2.14. The van der Waals surface area contributed by atoms with Crippen molar-refractivity contribution in [2.24, 2.45) is 18.7 Å². The summed E-state index contributed by atoms with van der Waals surface area (Å²) in [6.07, 6.45) is 1.95. The highest BCUT2D eigenvalue weighted by atomic mass is 16.1. The normalized spacial score (nSPS) is 12.9. The fraction of sp³-hybridized carbons (Fsp3) is 0.500. The lowest BCUT2D eigenvalue weighted by atomic mass is 10.0. The number of aromatic nitrogens is 3. The summed E-state index contributed by atoms with van der Waals surface area (Å²) in [7, 11) is 1.85. The molecule has 0 aromatic carbocycles. The lowest BCUT2D eigenvalue weighted by Crippen LogP contribution is -2.31. The Morgan fingerprint density at radius 3 is 2.85 bits per heavy atom. The summed E-state index contributed by atoms with van der Waals surface area (Å²) in [4.78, 5) is 16.2. The molecule has 1 unspecified atom stereocenters. The first-order chi connectivity index (χ1) is 9.38. The maximum atomic E-state index is 11.9. The van der Waals surface area contributed by atoms with Gasteiger partial charge in [0.2, 0.25) is 5.91 Å². The molecule has 2 rings (SSSR count). The smallest absolute Gasteiger partial charge is 0.225 e. The monoisotopic (exact) mass is 275 g/mol. The molecule has 0 fully saturated rings. The summed E-state index contributed by atoms with van der Waals surface area (Å²) in [6.45, 7) is 5.93. The first-order valence-corrected chi connectivity index (χ1v) is 6.73. The van der Waals surface area contributed by atoms with Gasteiger partial charge in [-0.15, -0.1) is 0 Å². The van der Waals surface area contributed by atoms with E-state index in [9.17, 15) is 4.79 Å². The molecule has 0 aliphatic rings. The molecular formula is C14H21N5O. The second-order valence-electron chi connectivity index (χ2n) is 5.46. The number of nitrogens with zero attached hydrogens (tertiary/aromatic N) is 3. The van der Waals surface area contributed by atoms with Crippen LogP contribution in [0.2, 0.25) is 0 Å². The number of nitrogens with one attached hydrogen (secondary N) is 1. The third-order valence-corrected chi connectivity index (χ3v) is 3.42. The van der Waals surface area contributed by atoms with Gasteiger partial charge in [0.25, 0.3) is 0 Å². The molecule has 3 N–H and O–H groups in total. The van der Waals surface area contributed by atoms with E-state index in [-0.39, 0.29) is 17.9 Å². The maximum absolute atomic E-state index is 11.9. The second-order valence-corrected chi connectivity index (χ2v) is 5.46. The number of aryl methyl sites for hydroxylation is 2. The minimum atomic E-state index is -0.133. The van der Waals surface area contributed by atoms with Gasteiger partial charge in [-0.25, -0.2) is 4.98 Å². The van der Waals surface area contributed by atoms with Crippen LogP contribution in [0.3, 0.4) is 0 Å². The van der Waals surface area contributed by atoms with Gasteiger partial charge >= 0.3 is 0 Å². The average Bonchev–Trinajstić information content (AvgIpc) is 2.64. The standard InChI is InChI=1S/C14H21N5O/c1-8(2)12(15)6-13(20)17-10-5-11-9(3)18-19(4)14(11)16-7-10/h5,7-8,12H,6,15H2,1-4H3,(H,17,20). The molecule has 0 aliphatic carbocycles. The molecule has 2 aromatic heterocycles. The van der Waals surface area contributed by atoms with Crippen LogP contribution in [0.15, 0.2) is 12.3 Å². The van der Waals surface area contributed by atoms with Crippen molar-refractivity contribution >= 4 is 22.6 Å². The number of carbonyl (C=O) groups is 1. The predicted octanol–water partition coefficient (Wildman–Crippen LogP) is 1.59. The van der Waals surface area contributed by atoms with Crippen molar-refractivity contribution in [1.82, 2.24) is 14.8 Å². The number of pyridine rings is 1. The number of fused-ring (bicyclic) bond motifs is 1. The topological polar surface area (TPSA) is 85.8 Å². The number of nitrogens with two attached hydrogens (primary N) is 1. The van der Waals surface area contributed by atoms with Crippen LogP contribution in [0.4, 0.5) is 5.69 Å². The Kier molecular flexibility index (Phi) is 4.04. The quantitative estimate of drug-likeness (QED) is 0.887. The molecule has 1 amide bonds. The van der Waals surface area contributed by atoms with Crippen LogP contribution in [0.5, 0.6) is 0 Å². The van der Waals surface area contributed by atoms with Crippen LogP contribution >= 0.6 is 0 Å². The van der Waals surface area contributed by atoms with Crippen LogP contribution in [0.25, 0.3) is 11.0 Å². The average molecular weight is 275 g/mol. The predicted molar refractivity (Wildman–Crippen MR) is 79.3 cm³/mol. The summed E-state index contributed by atoms with van der Waals surface area (Å²) in [5, 5.41) is 8.08. The van der Waals surface area contributed by atoms with E-state index >= 15 is 0 Å². The summed E-state index contributed by atoms with van der Waals surface area (Å²) >= 11 is 0. The van der Waals surface area contributed by atoms with Crippen molar-refractivity contribution in [1.29, 1.82) is 0 Å². The molecule has 0 aliphatic heterocycles. The summed E-state index contributed by atoms with van der Waals surface area (Å²) in [5.74, 6) is 0.191. The first kappa shape index (κ1) is 14.5. The SMILES string of the molecule is Cc1nn(C)c2ncc(NC(=O)CC(N)C(C)C)cc12. The van der Waals surface area contributed by atoms with Gasteiger partial charge in [-0.05, 0) is 18.9 Å². The third kappa shape index (κ3) is 2.96. The summed E-state index contributed by atoms with van der Waals surface area (Å²) in [6, 6.07) is 1.76. The van der Waals surface area contributed by atoms with E-state index in [1.807, 2.05) is 33.9 Å². The molecule has 1 atom stereocenters. The molecule has 20 heavy (non-hydrogen) atoms. The van der Waals surface area contributed by atoms with Crippen molar-refractivity contribution in [3.05, 3.63) is 18.0 Å². The van der Waals surface area contributed by atoms with E-state index < -0.39 is 0 Å². The maximum Gasteiger partial charge on any atom is 0.225 e. The van der Waals surface area contributed by atoms with Crippen molar-refractivity contribution in [3.8, 4) is 0 Å². The second kappa shape index (κ2) is 5.58. The molecule has 0 spiro atoms. The van der Waals surface area contributed by atoms with Crippen LogP contribution in [0.1, 0.15) is 26.0 Å². The summed E-state index contributed by atoms with van der Waals surface area (Å²) < 4.78 is 1.73. The highest BCUT2D eigenvalue weighted by molar-refractivity contribution is 5.93. The van der Waals surface area contributed by atoms with Crippen LogP contribution in [-0.2, 0) is 11.8 Å². The zero-order chi connectivity index (χ0) is 14.9. The fourth-order valence-corrected chi connectivity index (χ4v) is 2.04. The zero-order valence-corrected chi connectivity index (χ0v) is 12.3. The number of carbonyl (C=O) groups excluding carboxylic acids is 1. The molecule has 0 radical (unpaired) electrons. The van der Waals surface area contributed by atoms with E-state index in [0.717, 1.165) is 16.7 Å². The molecule has 6 nitrogen and oxygen atoms in total. The summed E-state index contributed by atoms with van der Waals surface area (Å²) in [5.41, 5.74) is 8.27. The van der Waals surface area contributed by atoms with Crippen molar-refractivity contribution in [3.63, 3.8) is 0 Å². The first-order valence-electron chi connectivity index (χ1n) is 6.73. The van der Waals surface area contributed by atoms with E-state index in [2.05, 4.69) is 15.4 Å². The largest absolute Gasteiger partial charge is 0.327 e. The van der Waals surface area contributed by atoms with Crippen molar-refractivity contribution in [2.45, 2.75) is 33.2 Å². The van der Waals surface area contributed by atoms with Gasteiger partial charge in [0, 0.05) is 24.9 Å². The Morgan fingerprint density at radius 2 is 2.20 bits per heavy atom. The Morgan fingerprint density at radius 1 is 1.50 bits per heavy atom. The lowest BCUT2D eigenvalue weighted by Gasteiger charge is -2.14. The zero-order valence-electron chi connectivity index (χ0n) is 12.3. The molecule has 0 saturated heterocycles. The Bertz CT molecular complexity index is 632. The number of hydrogen-bond acceptors (Lipinski definition) is 4. The molecule has 108 valence electrons. The Hall–Kier alpha value is -1.95. The molecular weight excluding hydrogens is 254 g/mol. The van der Waals surface area contributed by atoms with E-state index in [0.29, 0.717) is 12.1 Å². The highest BCUT2D eigenvalue weighted by Gasteiger charge is 2.14. The van der Waals surface area contributed by atoms with Crippen LogP contribution in [0, 0.1) is 12.8 Å². The van der Waals surface area contributed by atoms with E-state index in [1.165, 1.54) is 0 Å². The molecule has 2 aromatic rings. The van der Waals surface area contributed by atoms with Gasteiger partial charge < -0.3 is 11.1 Å². The van der Waals surface area contributed by atoms with Gasteiger partial charge in [-0.3, -0.25) is 9.48 Å². The van der Waals surface area contributed by atoms with E-state index in [1.54, 1.807) is 10.9 Å². The molecule has 0 saturated carbocycles. The Labute approximate surface area is 118 Å². The fourth-order valence-electron chi connectivity index (χ4n) is 2.04. The number of anilines is 1. The lowest BCUT2D eigenvalue weighted by molar-refractivity contribution is -0.116. The van der Waals surface area contributed by atoms with Gasteiger partial charge in [-0.1, -0.05) is 13.8 Å². The molecule has 0 bridgehead atoms. The third-order valence-electron chi connectivity index (χ3n) is 3.42. The number of rotatable bonds is 4. The van der Waals surface area contributed by atoms with Gasteiger partial charge in [0.1, 0.15) is 0 Å².